The molecule has 21 heavy (non-hydrogen) atoms. The number of nitrogens with one attached hydrogen (secondary N) is 1. The molecule has 1 amide bonds. The summed E-state index contributed by atoms with van der Waals surface area (Å²) in [6, 6.07) is 3.58. The van der Waals surface area contributed by atoms with E-state index in [0.29, 0.717) is 23.2 Å². The van der Waals surface area contributed by atoms with Gasteiger partial charge in [0.15, 0.2) is 0 Å². The predicted octanol–water partition coefficient (Wildman–Crippen LogP) is 2.68. The van der Waals surface area contributed by atoms with E-state index in [1.807, 2.05) is 17.9 Å². The largest absolute Gasteiger partial charge is 0.338 e. The van der Waals surface area contributed by atoms with Crippen molar-refractivity contribution in [2.24, 2.45) is 17.7 Å². The van der Waals surface area contributed by atoms with Gasteiger partial charge in [-0.15, -0.1) is 0 Å². The Morgan fingerprint density at radius 1 is 1.24 bits per heavy atom. The molecule has 0 aliphatic rings. The molecule has 1 aromatic rings. The molecule has 3 N–H and O–H groups in total. The number of nitrogens with two attached hydrogens (primary N) is 1. The van der Waals surface area contributed by atoms with Crippen LogP contribution in [0.5, 0.6) is 0 Å². The van der Waals surface area contributed by atoms with Gasteiger partial charge in [0.05, 0.1) is 0 Å². The number of amides is 1. The minimum absolute atomic E-state index is 0.0472. The van der Waals surface area contributed by atoms with Crippen molar-refractivity contribution in [3.05, 3.63) is 23.4 Å². The van der Waals surface area contributed by atoms with E-state index in [-0.39, 0.29) is 5.91 Å². The smallest absolute Gasteiger partial charge is 0.254 e. The van der Waals surface area contributed by atoms with Crippen molar-refractivity contribution in [2.45, 2.75) is 41.0 Å². The zero-order valence-corrected chi connectivity index (χ0v) is 13.8. The van der Waals surface area contributed by atoms with Crippen LogP contribution in [0.2, 0.25) is 0 Å². The number of carbonyl (C=O) groups excluding carboxylic acids is 1. The first-order valence-electron chi connectivity index (χ1n) is 7.64. The van der Waals surface area contributed by atoms with Gasteiger partial charge < -0.3 is 10.3 Å². The fraction of sp³-hybridized carbons (Fsp3) is 0.625. The number of hydrogen-bond donors (Lipinski definition) is 2. The van der Waals surface area contributed by atoms with E-state index in [0.717, 1.165) is 25.2 Å². The summed E-state index contributed by atoms with van der Waals surface area (Å²) < 4.78 is 0. The van der Waals surface area contributed by atoms with Crippen LogP contribution in [0.1, 0.15) is 50.7 Å². The van der Waals surface area contributed by atoms with Crippen molar-refractivity contribution < 1.29 is 4.79 Å². The van der Waals surface area contributed by atoms with Crippen LogP contribution >= 0.6 is 0 Å². The van der Waals surface area contributed by atoms with Crippen molar-refractivity contribution >= 4 is 11.7 Å². The maximum absolute atomic E-state index is 12.8. The van der Waals surface area contributed by atoms with E-state index in [9.17, 15) is 4.79 Å². The summed E-state index contributed by atoms with van der Waals surface area (Å²) in [4.78, 5) is 19.0. The second kappa shape index (κ2) is 7.98. The third-order valence-corrected chi connectivity index (χ3v) is 3.09. The van der Waals surface area contributed by atoms with Gasteiger partial charge in [0.1, 0.15) is 5.82 Å². The molecule has 0 aliphatic heterocycles. The number of rotatable bonds is 7. The van der Waals surface area contributed by atoms with Gasteiger partial charge in [0.2, 0.25) is 0 Å². The average molecular weight is 292 g/mol. The highest BCUT2D eigenvalue weighted by Crippen LogP contribution is 2.15. The molecule has 5 nitrogen and oxygen atoms in total. The van der Waals surface area contributed by atoms with Crippen molar-refractivity contribution in [2.75, 3.05) is 18.5 Å². The molecule has 118 valence electrons. The molecule has 0 aromatic carbocycles. The van der Waals surface area contributed by atoms with Crippen LogP contribution in [-0.2, 0) is 6.42 Å². The Morgan fingerprint density at radius 3 is 2.24 bits per heavy atom. The summed E-state index contributed by atoms with van der Waals surface area (Å²) in [5, 5.41) is 0. The number of aryl methyl sites for hydroxylation is 1. The Morgan fingerprint density at radius 2 is 1.81 bits per heavy atom. The molecular weight excluding hydrogens is 264 g/mol. The minimum Gasteiger partial charge on any atom is -0.338 e. The van der Waals surface area contributed by atoms with E-state index < -0.39 is 0 Å². The highest BCUT2D eigenvalue weighted by Gasteiger charge is 2.19. The summed E-state index contributed by atoms with van der Waals surface area (Å²) in [7, 11) is 0. The topological polar surface area (TPSA) is 71.2 Å². The molecule has 0 saturated carbocycles. The molecule has 1 heterocycles. The molecule has 0 aliphatic carbocycles. The predicted molar refractivity (Wildman–Crippen MR) is 87.0 cm³/mol. The van der Waals surface area contributed by atoms with Gasteiger partial charge in [-0.2, -0.15) is 0 Å². The lowest BCUT2D eigenvalue weighted by Gasteiger charge is -2.26. The van der Waals surface area contributed by atoms with Crippen LogP contribution in [0.25, 0.3) is 0 Å². The first-order valence-corrected chi connectivity index (χ1v) is 7.64. The van der Waals surface area contributed by atoms with E-state index in [1.54, 1.807) is 6.07 Å². The number of aromatic nitrogens is 1. The highest BCUT2D eigenvalue weighted by atomic mass is 16.2. The SMILES string of the molecule is CCc1cc(C(=O)N(CC(C)C)CC(C)C)cc(NN)n1. The molecule has 0 unspecified atom stereocenters. The molecule has 1 aromatic heterocycles. The Bertz CT molecular complexity index is 439. The van der Waals surface area contributed by atoms with Gasteiger partial charge in [-0.05, 0) is 30.4 Å². The van der Waals surface area contributed by atoms with Crippen LogP contribution in [0.15, 0.2) is 12.1 Å². The molecule has 0 saturated heterocycles. The molecule has 0 bridgehead atoms. The highest BCUT2D eigenvalue weighted by molar-refractivity contribution is 5.95. The monoisotopic (exact) mass is 292 g/mol. The lowest BCUT2D eigenvalue weighted by molar-refractivity contribution is 0.0715. The van der Waals surface area contributed by atoms with Gasteiger partial charge >= 0.3 is 0 Å². The van der Waals surface area contributed by atoms with Crippen LogP contribution in [0, 0.1) is 11.8 Å². The van der Waals surface area contributed by atoms with Crippen LogP contribution in [-0.4, -0.2) is 28.9 Å². The number of nitrogens with zero attached hydrogens (tertiary/aromatic N) is 2. The van der Waals surface area contributed by atoms with Crippen LogP contribution < -0.4 is 11.3 Å². The molecule has 0 spiro atoms. The number of pyridine rings is 1. The normalized spacial score (nSPS) is 11.0. The third kappa shape index (κ3) is 5.34. The summed E-state index contributed by atoms with van der Waals surface area (Å²) >= 11 is 0. The summed E-state index contributed by atoms with van der Waals surface area (Å²) in [6.07, 6.45) is 0.768. The second-order valence-electron chi connectivity index (χ2n) is 6.23. The van der Waals surface area contributed by atoms with Crippen molar-refractivity contribution in [1.82, 2.24) is 9.88 Å². The molecule has 0 radical (unpaired) electrons. The van der Waals surface area contributed by atoms with Gasteiger partial charge in [-0.3, -0.25) is 4.79 Å². The third-order valence-electron chi connectivity index (χ3n) is 3.09. The van der Waals surface area contributed by atoms with Crippen LogP contribution in [0.3, 0.4) is 0 Å². The second-order valence-corrected chi connectivity index (χ2v) is 6.23. The number of hydrogen-bond acceptors (Lipinski definition) is 4. The first-order chi connectivity index (χ1) is 9.87. The molecule has 5 heteroatoms. The fourth-order valence-electron chi connectivity index (χ4n) is 2.27. The first kappa shape index (κ1) is 17.4. The Hall–Kier alpha value is -1.62. The minimum atomic E-state index is 0.0472. The van der Waals surface area contributed by atoms with E-state index >= 15 is 0 Å². The van der Waals surface area contributed by atoms with Crippen molar-refractivity contribution in [3.8, 4) is 0 Å². The zero-order valence-electron chi connectivity index (χ0n) is 13.8. The van der Waals surface area contributed by atoms with Gasteiger partial charge in [-0.25, -0.2) is 10.8 Å². The van der Waals surface area contributed by atoms with Gasteiger partial charge in [0.25, 0.3) is 5.91 Å². The maximum Gasteiger partial charge on any atom is 0.254 e. The number of nitrogen functional groups attached to an aromatic ring is 1. The maximum atomic E-state index is 12.8. The molecule has 1 rings (SSSR count). The number of carbonyl (C=O) groups is 1. The standard InChI is InChI=1S/C16H28N4O/c1-6-14-7-13(8-15(18-14)19-17)16(21)20(9-11(2)3)10-12(4)5/h7-8,11-12H,6,9-10,17H2,1-5H3,(H,18,19). The van der Waals surface area contributed by atoms with E-state index in [1.165, 1.54) is 0 Å². The van der Waals surface area contributed by atoms with Crippen molar-refractivity contribution in [1.29, 1.82) is 0 Å². The molecule has 0 atom stereocenters. The summed E-state index contributed by atoms with van der Waals surface area (Å²) in [6.45, 7) is 12.0. The Labute approximate surface area is 127 Å². The Balaban J connectivity index is 3.06. The Kier molecular flexibility index (Phi) is 6.62. The lowest BCUT2D eigenvalue weighted by atomic mass is 10.1. The van der Waals surface area contributed by atoms with E-state index in [4.69, 9.17) is 5.84 Å². The van der Waals surface area contributed by atoms with Gasteiger partial charge in [0, 0.05) is 24.3 Å². The number of hydrazine groups is 1. The quantitative estimate of drug-likeness (QED) is 0.599. The van der Waals surface area contributed by atoms with Crippen molar-refractivity contribution in [3.63, 3.8) is 0 Å². The van der Waals surface area contributed by atoms with Gasteiger partial charge in [-0.1, -0.05) is 34.6 Å². The molecule has 0 fully saturated rings. The fourth-order valence-corrected chi connectivity index (χ4v) is 2.27. The lowest BCUT2D eigenvalue weighted by Crippen LogP contribution is -2.37. The zero-order chi connectivity index (χ0) is 16.0. The molecular formula is C16H28N4O. The number of anilines is 1. The van der Waals surface area contributed by atoms with E-state index in [2.05, 4.69) is 38.1 Å². The average Bonchev–Trinajstić information content (AvgIpc) is 2.44. The summed E-state index contributed by atoms with van der Waals surface area (Å²) in [5.41, 5.74) is 4.05. The van der Waals surface area contributed by atoms with Crippen LogP contribution in [0.4, 0.5) is 5.82 Å². The summed E-state index contributed by atoms with van der Waals surface area (Å²) in [5.74, 6) is 6.90.